The molecule has 0 amide bonds. The number of ether oxygens (including phenoxy) is 2. The van der Waals surface area contributed by atoms with Crippen molar-refractivity contribution in [2.45, 2.75) is 109 Å². The number of nitrogens with zero attached hydrogens (tertiary/aromatic N) is 5. The maximum absolute atomic E-state index is 5.41. The van der Waals surface area contributed by atoms with Crippen molar-refractivity contribution in [2.75, 3.05) is 14.2 Å². The minimum absolute atomic E-state index is 0. The molecule has 56 heavy (non-hydrogen) atoms. The summed E-state index contributed by atoms with van der Waals surface area (Å²) in [4.78, 5) is 9.79. The number of methoxy groups -OCH3 is 2. The summed E-state index contributed by atoms with van der Waals surface area (Å²) in [6.07, 6.45) is 0. The van der Waals surface area contributed by atoms with Crippen molar-refractivity contribution in [2.24, 2.45) is 20.8 Å². The number of para-hydroxylation sites is 6. The van der Waals surface area contributed by atoms with Gasteiger partial charge in [-0.15, -0.1) is 0 Å². The van der Waals surface area contributed by atoms with Crippen LogP contribution in [0.2, 0.25) is 39.3 Å². The monoisotopic (exact) mass is 867 g/mol. The standard InChI is InChI=1S/2C20H25N2O.C6H18NSi2.Y/c2*1-14-10-9-11-15(2)18(14)22-19(20(3,4)5)21-16-12-7-8-13-17(16)23-6;1-8(2,3)7-9(4,5)6;/h2*7-13H,1-6H3;1-6H3;/q3*-1;+3. The molecule has 0 atom stereocenters. The van der Waals surface area contributed by atoms with Crippen molar-refractivity contribution in [3.8, 4) is 11.5 Å². The molecule has 4 aromatic carbocycles. The first kappa shape index (κ1) is 50.9. The Balaban J connectivity index is 0.000000455. The fourth-order valence-electron chi connectivity index (χ4n) is 5.58. The second kappa shape index (κ2) is 22.2. The molecule has 4 rings (SSSR count). The normalized spacial score (nSPS) is 12.2. The third-order valence-corrected chi connectivity index (χ3v) is 13.3. The first-order valence-electron chi connectivity index (χ1n) is 19.1. The van der Waals surface area contributed by atoms with Gasteiger partial charge in [0.2, 0.25) is 0 Å². The van der Waals surface area contributed by atoms with Crippen LogP contribution in [-0.2, 0) is 32.7 Å². The van der Waals surface area contributed by atoms with Crippen LogP contribution in [0.4, 0.5) is 22.7 Å². The molecule has 0 unspecified atom stereocenters. The molecule has 7 nitrogen and oxygen atoms in total. The van der Waals surface area contributed by atoms with E-state index in [0.29, 0.717) is 0 Å². The van der Waals surface area contributed by atoms with Gasteiger partial charge in [-0.1, -0.05) is 182 Å². The summed E-state index contributed by atoms with van der Waals surface area (Å²) in [7, 11) is 1.11. The Bertz CT molecular complexity index is 1720. The quantitative estimate of drug-likeness (QED) is 0.100. The van der Waals surface area contributed by atoms with E-state index in [0.717, 1.165) is 68.2 Å². The number of amidine groups is 2. The molecule has 4 aromatic rings. The van der Waals surface area contributed by atoms with Crippen LogP contribution in [0.3, 0.4) is 0 Å². The molecule has 0 saturated heterocycles. The molecule has 0 aromatic heterocycles. The Morgan fingerprint density at radius 1 is 0.482 bits per heavy atom. The van der Waals surface area contributed by atoms with Crippen molar-refractivity contribution < 1.29 is 42.2 Å². The summed E-state index contributed by atoms with van der Waals surface area (Å²) in [5.74, 6) is 3.09. The Labute approximate surface area is 368 Å². The zero-order valence-corrected chi connectivity index (χ0v) is 42.6. The second-order valence-electron chi connectivity index (χ2n) is 17.9. The topological polar surface area (TPSA) is 85.5 Å². The van der Waals surface area contributed by atoms with Gasteiger partial charge in [0.1, 0.15) is 11.5 Å². The molecule has 0 aliphatic heterocycles. The van der Waals surface area contributed by atoms with Gasteiger partial charge in [-0.3, -0.25) is 0 Å². The van der Waals surface area contributed by atoms with Gasteiger partial charge in [0.25, 0.3) is 0 Å². The first-order valence-corrected chi connectivity index (χ1v) is 26.0. The molecule has 0 N–H and O–H groups in total. The predicted octanol–water partition coefficient (Wildman–Crippen LogP) is 15.2. The van der Waals surface area contributed by atoms with Gasteiger partial charge < -0.3 is 34.7 Å². The number of rotatable bonds is 8. The van der Waals surface area contributed by atoms with Gasteiger partial charge >= 0.3 is 32.7 Å². The summed E-state index contributed by atoms with van der Waals surface area (Å²) in [6, 6.07) is 28.0. The van der Waals surface area contributed by atoms with Crippen LogP contribution < -0.4 is 9.47 Å². The molecule has 300 valence electrons. The second-order valence-corrected chi connectivity index (χ2v) is 27.5. The van der Waals surface area contributed by atoms with E-state index in [1.807, 2.05) is 48.5 Å². The number of benzene rings is 4. The molecule has 0 saturated carbocycles. The Kier molecular flexibility index (Phi) is 20.2. The Morgan fingerprint density at radius 3 is 1.00 bits per heavy atom. The third-order valence-electron chi connectivity index (χ3n) is 7.95. The molecule has 0 radical (unpaired) electrons. The van der Waals surface area contributed by atoms with Gasteiger partial charge in [-0.2, -0.15) is 0 Å². The summed E-state index contributed by atoms with van der Waals surface area (Å²) >= 11 is 0. The first-order chi connectivity index (χ1) is 25.4. The molecule has 0 aliphatic rings. The molecule has 10 heteroatoms. The third kappa shape index (κ3) is 17.6. The zero-order valence-electron chi connectivity index (χ0n) is 37.7. The number of aryl methyl sites for hydroxylation is 4. The van der Waals surface area contributed by atoms with Crippen molar-refractivity contribution in [1.29, 1.82) is 0 Å². The van der Waals surface area contributed by atoms with Gasteiger partial charge in [-0.25, -0.2) is 0 Å². The maximum Gasteiger partial charge on any atom is 3.00 e. The van der Waals surface area contributed by atoms with Crippen LogP contribution >= 0.6 is 0 Å². The van der Waals surface area contributed by atoms with Crippen molar-refractivity contribution >= 4 is 50.9 Å². The summed E-state index contributed by atoms with van der Waals surface area (Å²) < 4.78 is 15.6. The SMILES string of the molecule is COc1ccccc1[N-]C(=Nc1c(C)cccc1C)C(C)(C)C.COc1ccccc1[N-]C(=Nc1c(C)cccc1C)C(C)(C)C.C[Si](C)(C)[N-][Si](C)(C)C.[Y+3]. The fraction of sp³-hybridized carbons (Fsp3) is 0.435. The van der Waals surface area contributed by atoms with E-state index in [1.165, 1.54) is 0 Å². The van der Waals surface area contributed by atoms with Crippen molar-refractivity contribution in [3.63, 3.8) is 0 Å². The van der Waals surface area contributed by atoms with E-state index >= 15 is 0 Å². The smallest absolute Gasteiger partial charge is 0.668 e. The predicted molar refractivity (Wildman–Crippen MR) is 247 cm³/mol. The van der Waals surface area contributed by atoms with E-state index in [9.17, 15) is 0 Å². The molecule has 0 spiro atoms. The van der Waals surface area contributed by atoms with Gasteiger partial charge in [0.15, 0.2) is 0 Å². The van der Waals surface area contributed by atoms with Crippen LogP contribution in [0.1, 0.15) is 63.8 Å². The summed E-state index contributed by atoms with van der Waals surface area (Å²) in [5, 5.41) is 9.61. The minimum atomic E-state index is -1.11. The molecular weight excluding hydrogens is 800 g/mol. The molecule has 0 fully saturated rings. The molecule has 0 bridgehead atoms. The molecule has 0 heterocycles. The van der Waals surface area contributed by atoms with Crippen LogP contribution in [0.25, 0.3) is 15.3 Å². The maximum atomic E-state index is 5.41. The molecule has 0 aliphatic carbocycles. The largest absolute Gasteiger partial charge is 3.00 e. The van der Waals surface area contributed by atoms with Gasteiger partial charge in [0.05, 0.1) is 14.2 Å². The van der Waals surface area contributed by atoms with Crippen LogP contribution in [0, 0.1) is 38.5 Å². The van der Waals surface area contributed by atoms with E-state index in [4.69, 9.17) is 34.7 Å². The summed E-state index contributed by atoms with van der Waals surface area (Å²) in [5.41, 5.74) is 7.87. The number of aliphatic imine (C=N–C) groups is 2. The summed E-state index contributed by atoms with van der Waals surface area (Å²) in [6.45, 7) is 34.8. The fourth-order valence-corrected chi connectivity index (χ4v) is 13.6. The van der Waals surface area contributed by atoms with Crippen molar-refractivity contribution in [1.82, 2.24) is 0 Å². The molecular formula is C46H68N5O2Si2Y. The van der Waals surface area contributed by atoms with E-state index in [-0.39, 0.29) is 43.5 Å². The zero-order chi connectivity index (χ0) is 41.8. The average molecular weight is 868 g/mol. The van der Waals surface area contributed by atoms with E-state index in [1.54, 1.807) is 14.2 Å². The van der Waals surface area contributed by atoms with Crippen molar-refractivity contribution in [3.05, 3.63) is 122 Å². The van der Waals surface area contributed by atoms with Gasteiger partial charge in [-0.05, 0) is 84.3 Å². The number of hydrogen-bond acceptors (Lipinski definition) is 4. The Hall–Kier alpha value is -3.08. The average Bonchev–Trinajstić information content (AvgIpc) is 3.05. The number of hydrogen-bond donors (Lipinski definition) is 0. The van der Waals surface area contributed by atoms with E-state index < -0.39 is 16.5 Å². The van der Waals surface area contributed by atoms with E-state index in [2.05, 4.69) is 145 Å². The van der Waals surface area contributed by atoms with Crippen LogP contribution in [-0.4, -0.2) is 42.4 Å². The Morgan fingerprint density at radius 2 is 0.768 bits per heavy atom. The minimum Gasteiger partial charge on any atom is -0.668 e. The van der Waals surface area contributed by atoms with Crippen LogP contribution in [0.5, 0.6) is 11.5 Å². The van der Waals surface area contributed by atoms with Gasteiger partial charge in [0, 0.05) is 11.4 Å². The van der Waals surface area contributed by atoms with Crippen LogP contribution in [0.15, 0.2) is 94.9 Å².